The van der Waals surface area contributed by atoms with Crippen molar-refractivity contribution in [3.63, 3.8) is 0 Å². The predicted molar refractivity (Wildman–Crippen MR) is 107 cm³/mol. The average Bonchev–Trinajstić information content (AvgIpc) is 2.67. The van der Waals surface area contributed by atoms with Gasteiger partial charge in [0.1, 0.15) is 6.04 Å². The SMILES string of the molecule is CC(C)C(=O)N(Cc1ccc(Cl)cc1)[C@@H](C)C(=O)NCCN1CCOCC1. The van der Waals surface area contributed by atoms with Crippen LogP contribution in [0.25, 0.3) is 0 Å². The summed E-state index contributed by atoms with van der Waals surface area (Å²) in [6.07, 6.45) is 0. The molecule has 1 aromatic carbocycles. The van der Waals surface area contributed by atoms with Crippen LogP contribution in [-0.4, -0.2) is 67.0 Å². The number of morpholine rings is 1. The van der Waals surface area contributed by atoms with Gasteiger partial charge in [-0.3, -0.25) is 14.5 Å². The van der Waals surface area contributed by atoms with Crippen LogP contribution < -0.4 is 5.32 Å². The number of hydrogen-bond acceptors (Lipinski definition) is 4. The number of benzene rings is 1. The van der Waals surface area contributed by atoms with Gasteiger partial charge in [-0.15, -0.1) is 0 Å². The van der Waals surface area contributed by atoms with Crippen molar-refractivity contribution in [2.24, 2.45) is 5.92 Å². The van der Waals surface area contributed by atoms with Crippen LogP contribution in [0.5, 0.6) is 0 Å². The molecule has 1 N–H and O–H groups in total. The lowest BCUT2D eigenvalue weighted by molar-refractivity contribution is -0.143. The summed E-state index contributed by atoms with van der Waals surface area (Å²) in [7, 11) is 0. The monoisotopic (exact) mass is 395 g/mol. The molecule has 0 unspecified atom stereocenters. The molecule has 0 aromatic heterocycles. The summed E-state index contributed by atoms with van der Waals surface area (Å²) in [5.41, 5.74) is 0.946. The first-order chi connectivity index (χ1) is 12.9. The van der Waals surface area contributed by atoms with Gasteiger partial charge in [-0.2, -0.15) is 0 Å². The Hall–Kier alpha value is -1.63. The summed E-state index contributed by atoms with van der Waals surface area (Å²) >= 11 is 5.94. The van der Waals surface area contributed by atoms with Crippen molar-refractivity contribution in [3.05, 3.63) is 34.9 Å². The third-order valence-electron chi connectivity index (χ3n) is 4.72. The third kappa shape index (κ3) is 6.79. The van der Waals surface area contributed by atoms with Gasteiger partial charge in [0.2, 0.25) is 11.8 Å². The molecule has 6 nitrogen and oxygen atoms in total. The van der Waals surface area contributed by atoms with Crippen molar-refractivity contribution < 1.29 is 14.3 Å². The number of hydrogen-bond donors (Lipinski definition) is 1. The van der Waals surface area contributed by atoms with Crippen molar-refractivity contribution in [1.29, 1.82) is 0 Å². The highest BCUT2D eigenvalue weighted by atomic mass is 35.5. The molecule has 0 spiro atoms. The number of carbonyl (C=O) groups is 2. The number of rotatable bonds is 8. The molecule has 150 valence electrons. The molecule has 0 bridgehead atoms. The number of carbonyl (C=O) groups excluding carboxylic acids is 2. The number of ether oxygens (including phenoxy) is 1. The summed E-state index contributed by atoms with van der Waals surface area (Å²) in [5, 5.41) is 3.61. The van der Waals surface area contributed by atoms with E-state index in [1.807, 2.05) is 26.0 Å². The van der Waals surface area contributed by atoms with Crippen LogP contribution >= 0.6 is 11.6 Å². The topological polar surface area (TPSA) is 61.9 Å². The van der Waals surface area contributed by atoms with Crippen molar-refractivity contribution in [3.8, 4) is 0 Å². The molecule has 27 heavy (non-hydrogen) atoms. The zero-order valence-corrected chi connectivity index (χ0v) is 17.2. The smallest absolute Gasteiger partial charge is 0.242 e. The quantitative estimate of drug-likeness (QED) is 0.732. The Morgan fingerprint density at radius 3 is 2.41 bits per heavy atom. The van der Waals surface area contributed by atoms with Crippen LogP contribution in [0.3, 0.4) is 0 Å². The first kappa shape index (κ1) is 21.7. The second-order valence-corrected chi connectivity index (χ2v) is 7.60. The lowest BCUT2D eigenvalue weighted by Gasteiger charge is -2.31. The van der Waals surface area contributed by atoms with Crippen LogP contribution in [0.1, 0.15) is 26.3 Å². The van der Waals surface area contributed by atoms with Crippen LogP contribution in [0.4, 0.5) is 0 Å². The van der Waals surface area contributed by atoms with E-state index in [0.29, 0.717) is 18.1 Å². The van der Waals surface area contributed by atoms with Gasteiger partial charge < -0.3 is 15.0 Å². The zero-order chi connectivity index (χ0) is 19.8. The summed E-state index contributed by atoms with van der Waals surface area (Å²) in [5.74, 6) is -0.354. The first-order valence-corrected chi connectivity index (χ1v) is 9.89. The fourth-order valence-electron chi connectivity index (χ4n) is 2.98. The van der Waals surface area contributed by atoms with Crippen LogP contribution in [0.2, 0.25) is 5.02 Å². The van der Waals surface area contributed by atoms with E-state index in [4.69, 9.17) is 16.3 Å². The minimum absolute atomic E-state index is 0.0409. The molecule has 1 aromatic rings. The molecule has 2 rings (SSSR count). The number of amides is 2. The minimum Gasteiger partial charge on any atom is -0.379 e. The van der Waals surface area contributed by atoms with Gasteiger partial charge in [0.25, 0.3) is 0 Å². The Morgan fingerprint density at radius 1 is 1.19 bits per heavy atom. The Kier molecular flexibility index (Phi) is 8.54. The Labute approximate surface area is 166 Å². The third-order valence-corrected chi connectivity index (χ3v) is 4.97. The van der Waals surface area contributed by atoms with Crippen LogP contribution in [0.15, 0.2) is 24.3 Å². The maximum absolute atomic E-state index is 12.7. The number of nitrogens with one attached hydrogen (secondary N) is 1. The van der Waals surface area contributed by atoms with Crippen molar-refractivity contribution >= 4 is 23.4 Å². The largest absolute Gasteiger partial charge is 0.379 e. The highest BCUT2D eigenvalue weighted by Gasteiger charge is 2.27. The molecule has 1 heterocycles. The lowest BCUT2D eigenvalue weighted by Crippen LogP contribution is -2.50. The highest BCUT2D eigenvalue weighted by molar-refractivity contribution is 6.30. The number of halogens is 1. The molecule has 1 saturated heterocycles. The molecular formula is C20H30ClN3O3. The van der Waals surface area contributed by atoms with Gasteiger partial charge in [-0.1, -0.05) is 37.6 Å². The summed E-state index contributed by atoms with van der Waals surface area (Å²) < 4.78 is 5.33. The summed E-state index contributed by atoms with van der Waals surface area (Å²) in [6.45, 7) is 10.5. The van der Waals surface area contributed by atoms with Crippen molar-refractivity contribution in [1.82, 2.24) is 15.1 Å². The van der Waals surface area contributed by atoms with Gasteiger partial charge in [0.15, 0.2) is 0 Å². The van der Waals surface area contributed by atoms with E-state index < -0.39 is 6.04 Å². The highest BCUT2D eigenvalue weighted by Crippen LogP contribution is 2.15. The molecule has 0 aliphatic carbocycles. The Bertz CT molecular complexity index is 615. The molecule has 0 saturated carbocycles. The average molecular weight is 396 g/mol. The maximum Gasteiger partial charge on any atom is 0.242 e. The van der Waals surface area contributed by atoms with Gasteiger partial charge >= 0.3 is 0 Å². The normalized spacial score (nSPS) is 16.2. The first-order valence-electron chi connectivity index (χ1n) is 9.51. The predicted octanol–water partition coefficient (Wildman–Crippen LogP) is 2.16. The lowest BCUT2D eigenvalue weighted by atomic mass is 10.1. The van der Waals surface area contributed by atoms with Crippen LogP contribution in [0, 0.1) is 5.92 Å². The zero-order valence-electron chi connectivity index (χ0n) is 16.4. The minimum atomic E-state index is -0.541. The second-order valence-electron chi connectivity index (χ2n) is 7.17. The van der Waals surface area contributed by atoms with Gasteiger partial charge in [0, 0.05) is 43.7 Å². The fourth-order valence-corrected chi connectivity index (χ4v) is 3.10. The van der Waals surface area contributed by atoms with E-state index >= 15 is 0 Å². The second kappa shape index (κ2) is 10.6. The van der Waals surface area contributed by atoms with Gasteiger partial charge in [0.05, 0.1) is 13.2 Å². The summed E-state index contributed by atoms with van der Waals surface area (Å²) in [4.78, 5) is 29.2. The Morgan fingerprint density at radius 2 is 1.81 bits per heavy atom. The molecule has 1 atom stereocenters. The van der Waals surface area contributed by atoms with Crippen LogP contribution in [-0.2, 0) is 20.9 Å². The standard InChI is InChI=1S/C20H30ClN3O3/c1-15(2)20(26)24(14-17-4-6-18(21)7-5-17)16(3)19(25)22-8-9-23-10-12-27-13-11-23/h4-7,15-16H,8-14H2,1-3H3,(H,22,25)/t16-/m0/s1. The molecule has 1 fully saturated rings. The molecular weight excluding hydrogens is 366 g/mol. The molecule has 1 aliphatic heterocycles. The van der Waals surface area contributed by atoms with E-state index in [9.17, 15) is 9.59 Å². The van der Waals surface area contributed by atoms with E-state index in [2.05, 4.69) is 10.2 Å². The van der Waals surface area contributed by atoms with Gasteiger partial charge in [-0.25, -0.2) is 0 Å². The van der Waals surface area contributed by atoms with E-state index in [1.54, 1.807) is 24.0 Å². The van der Waals surface area contributed by atoms with E-state index in [0.717, 1.165) is 38.4 Å². The van der Waals surface area contributed by atoms with Crippen molar-refractivity contribution in [2.45, 2.75) is 33.4 Å². The van der Waals surface area contributed by atoms with E-state index in [1.165, 1.54) is 0 Å². The molecule has 0 radical (unpaired) electrons. The maximum atomic E-state index is 12.7. The molecule has 2 amide bonds. The Balaban J connectivity index is 1.94. The number of nitrogens with zero attached hydrogens (tertiary/aromatic N) is 2. The molecule has 7 heteroatoms. The van der Waals surface area contributed by atoms with Crippen molar-refractivity contribution in [2.75, 3.05) is 39.4 Å². The summed E-state index contributed by atoms with van der Waals surface area (Å²) in [6, 6.07) is 6.81. The van der Waals surface area contributed by atoms with E-state index in [-0.39, 0.29) is 17.7 Å². The van der Waals surface area contributed by atoms with Gasteiger partial charge in [-0.05, 0) is 24.6 Å². The molecule has 1 aliphatic rings. The fraction of sp³-hybridized carbons (Fsp3) is 0.600.